The lowest BCUT2D eigenvalue weighted by atomic mass is 10.2. The van der Waals surface area contributed by atoms with Gasteiger partial charge in [-0.1, -0.05) is 12.1 Å². The lowest BCUT2D eigenvalue weighted by Gasteiger charge is -2.08. The SMILES string of the molecule is CC(=NNS(=O)(=O)c1cc(C)ccc1C)c1ccc[nH]1. The van der Waals surface area contributed by atoms with Crippen molar-refractivity contribution in [2.45, 2.75) is 25.7 Å². The van der Waals surface area contributed by atoms with Crippen LogP contribution in [-0.4, -0.2) is 19.1 Å². The van der Waals surface area contributed by atoms with Crippen LogP contribution in [-0.2, 0) is 10.0 Å². The molecular weight excluding hydrogens is 274 g/mol. The third kappa shape index (κ3) is 3.08. The first kappa shape index (κ1) is 14.3. The molecule has 20 heavy (non-hydrogen) atoms. The van der Waals surface area contributed by atoms with E-state index in [0.717, 1.165) is 11.3 Å². The van der Waals surface area contributed by atoms with Crippen LogP contribution in [0.3, 0.4) is 0 Å². The Bertz CT molecular complexity index is 732. The minimum atomic E-state index is -3.65. The Balaban J connectivity index is 2.28. The lowest BCUT2D eigenvalue weighted by Crippen LogP contribution is -2.21. The van der Waals surface area contributed by atoms with Gasteiger partial charge in [-0.25, -0.2) is 0 Å². The highest BCUT2D eigenvalue weighted by Gasteiger charge is 2.16. The zero-order chi connectivity index (χ0) is 14.8. The van der Waals surface area contributed by atoms with E-state index < -0.39 is 10.0 Å². The highest BCUT2D eigenvalue weighted by Crippen LogP contribution is 2.16. The summed E-state index contributed by atoms with van der Waals surface area (Å²) in [5.74, 6) is 0. The van der Waals surface area contributed by atoms with Gasteiger partial charge in [0.15, 0.2) is 0 Å². The molecule has 0 fully saturated rings. The largest absolute Gasteiger partial charge is 0.360 e. The van der Waals surface area contributed by atoms with Gasteiger partial charge in [-0.2, -0.15) is 18.4 Å². The summed E-state index contributed by atoms with van der Waals surface area (Å²) in [6, 6.07) is 8.95. The van der Waals surface area contributed by atoms with Gasteiger partial charge < -0.3 is 4.98 Å². The zero-order valence-electron chi connectivity index (χ0n) is 11.6. The number of hydrogen-bond acceptors (Lipinski definition) is 3. The number of hydrazone groups is 1. The summed E-state index contributed by atoms with van der Waals surface area (Å²) in [6.45, 7) is 5.35. The first-order valence-electron chi connectivity index (χ1n) is 6.17. The highest BCUT2D eigenvalue weighted by molar-refractivity contribution is 7.89. The van der Waals surface area contributed by atoms with E-state index in [1.54, 1.807) is 32.2 Å². The maximum atomic E-state index is 12.3. The normalized spacial score (nSPS) is 12.4. The fourth-order valence-corrected chi connectivity index (χ4v) is 2.98. The fraction of sp³-hybridized carbons (Fsp3) is 0.214. The lowest BCUT2D eigenvalue weighted by molar-refractivity contribution is 0.583. The third-order valence-electron chi connectivity index (χ3n) is 2.95. The molecule has 0 unspecified atom stereocenters. The third-order valence-corrected chi connectivity index (χ3v) is 4.30. The molecule has 1 aromatic carbocycles. The average molecular weight is 291 g/mol. The number of nitrogens with one attached hydrogen (secondary N) is 2. The summed E-state index contributed by atoms with van der Waals surface area (Å²) in [5, 5.41) is 3.93. The molecular formula is C14H17N3O2S. The van der Waals surface area contributed by atoms with E-state index in [1.165, 1.54) is 0 Å². The Labute approximate surface area is 118 Å². The van der Waals surface area contributed by atoms with Crippen LogP contribution in [0, 0.1) is 13.8 Å². The van der Waals surface area contributed by atoms with Crippen LogP contribution in [0.15, 0.2) is 46.5 Å². The quantitative estimate of drug-likeness (QED) is 0.670. The molecule has 2 aromatic rings. The van der Waals surface area contributed by atoms with E-state index in [9.17, 15) is 8.42 Å². The van der Waals surface area contributed by atoms with Gasteiger partial charge >= 0.3 is 0 Å². The van der Waals surface area contributed by atoms with Gasteiger partial charge in [0, 0.05) is 6.20 Å². The molecule has 2 rings (SSSR count). The summed E-state index contributed by atoms with van der Waals surface area (Å²) in [5.41, 5.74) is 2.93. The smallest absolute Gasteiger partial charge is 0.276 e. The molecule has 0 aliphatic carbocycles. The van der Waals surface area contributed by atoms with Crippen molar-refractivity contribution >= 4 is 15.7 Å². The molecule has 6 heteroatoms. The maximum Gasteiger partial charge on any atom is 0.276 e. The Morgan fingerprint density at radius 3 is 2.65 bits per heavy atom. The molecule has 0 atom stereocenters. The van der Waals surface area contributed by atoms with Gasteiger partial charge in [-0.15, -0.1) is 0 Å². The summed E-state index contributed by atoms with van der Waals surface area (Å²) in [7, 11) is -3.65. The number of aromatic amines is 1. The molecule has 0 saturated carbocycles. The van der Waals surface area contributed by atoms with Crippen molar-refractivity contribution in [3.8, 4) is 0 Å². The molecule has 0 spiro atoms. The number of rotatable bonds is 4. The molecule has 0 saturated heterocycles. The van der Waals surface area contributed by atoms with Gasteiger partial charge in [-0.05, 0) is 50.1 Å². The minimum absolute atomic E-state index is 0.250. The molecule has 2 N–H and O–H groups in total. The monoisotopic (exact) mass is 291 g/mol. The van der Waals surface area contributed by atoms with E-state index in [-0.39, 0.29) is 4.90 Å². The van der Waals surface area contributed by atoms with E-state index >= 15 is 0 Å². The molecule has 0 aliphatic heterocycles. The molecule has 106 valence electrons. The number of hydrogen-bond donors (Lipinski definition) is 2. The number of aromatic nitrogens is 1. The second-order valence-corrected chi connectivity index (χ2v) is 6.27. The number of aryl methyl sites for hydroxylation is 2. The Hall–Kier alpha value is -2.08. The first-order chi connectivity index (χ1) is 9.40. The number of sulfonamides is 1. The molecule has 0 aliphatic rings. The van der Waals surface area contributed by atoms with Crippen molar-refractivity contribution in [1.29, 1.82) is 0 Å². The molecule has 1 heterocycles. The van der Waals surface area contributed by atoms with Crippen LogP contribution in [0.25, 0.3) is 0 Å². The van der Waals surface area contributed by atoms with E-state index in [1.807, 2.05) is 25.1 Å². The average Bonchev–Trinajstić information content (AvgIpc) is 2.93. The van der Waals surface area contributed by atoms with Crippen LogP contribution in [0.2, 0.25) is 0 Å². The molecule has 0 amide bonds. The number of H-pyrrole nitrogens is 1. The van der Waals surface area contributed by atoms with Crippen LogP contribution in [0.1, 0.15) is 23.7 Å². The Kier molecular flexibility index (Phi) is 3.94. The summed E-state index contributed by atoms with van der Waals surface area (Å²) < 4.78 is 24.5. The second kappa shape index (κ2) is 5.50. The molecule has 0 bridgehead atoms. The van der Waals surface area contributed by atoms with E-state index in [4.69, 9.17) is 0 Å². The zero-order valence-corrected chi connectivity index (χ0v) is 12.5. The topological polar surface area (TPSA) is 74.3 Å². The van der Waals surface area contributed by atoms with Crippen molar-refractivity contribution in [1.82, 2.24) is 9.82 Å². The molecule has 5 nitrogen and oxygen atoms in total. The van der Waals surface area contributed by atoms with Crippen LogP contribution >= 0.6 is 0 Å². The summed E-state index contributed by atoms with van der Waals surface area (Å²) >= 11 is 0. The van der Waals surface area contributed by atoms with Gasteiger partial charge in [0.1, 0.15) is 0 Å². The highest BCUT2D eigenvalue weighted by atomic mass is 32.2. The number of benzene rings is 1. The standard InChI is InChI=1S/C14H17N3O2S/c1-10-6-7-11(2)14(9-10)20(18,19)17-16-12(3)13-5-4-8-15-13/h4-9,15,17H,1-3H3. The predicted octanol–water partition coefficient (Wildman–Crippen LogP) is 2.33. The molecule has 0 radical (unpaired) electrons. The van der Waals surface area contributed by atoms with Crippen LogP contribution in [0.5, 0.6) is 0 Å². The van der Waals surface area contributed by atoms with Gasteiger partial charge in [0.05, 0.1) is 16.3 Å². The van der Waals surface area contributed by atoms with Gasteiger partial charge in [0.25, 0.3) is 10.0 Å². The van der Waals surface area contributed by atoms with E-state index in [2.05, 4.69) is 14.9 Å². The van der Waals surface area contributed by atoms with Crippen molar-refractivity contribution in [3.05, 3.63) is 53.3 Å². The predicted molar refractivity (Wildman–Crippen MR) is 79.2 cm³/mol. The van der Waals surface area contributed by atoms with Gasteiger partial charge in [-0.3, -0.25) is 0 Å². The van der Waals surface area contributed by atoms with Gasteiger partial charge in [0.2, 0.25) is 0 Å². The Morgan fingerprint density at radius 2 is 2.00 bits per heavy atom. The van der Waals surface area contributed by atoms with Crippen molar-refractivity contribution in [2.24, 2.45) is 5.10 Å². The maximum absolute atomic E-state index is 12.3. The van der Waals surface area contributed by atoms with Crippen molar-refractivity contribution in [2.75, 3.05) is 0 Å². The first-order valence-corrected chi connectivity index (χ1v) is 7.65. The fourth-order valence-electron chi connectivity index (χ4n) is 1.79. The minimum Gasteiger partial charge on any atom is -0.360 e. The van der Waals surface area contributed by atoms with Crippen LogP contribution in [0.4, 0.5) is 0 Å². The summed E-state index contributed by atoms with van der Waals surface area (Å²) in [6.07, 6.45) is 1.76. The van der Waals surface area contributed by atoms with Crippen molar-refractivity contribution < 1.29 is 8.42 Å². The number of nitrogens with zero attached hydrogens (tertiary/aromatic N) is 1. The van der Waals surface area contributed by atoms with E-state index in [0.29, 0.717) is 11.3 Å². The molecule has 1 aromatic heterocycles. The second-order valence-electron chi connectivity index (χ2n) is 4.64. The Morgan fingerprint density at radius 1 is 1.25 bits per heavy atom. The van der Waals surface area contributed by atoms with Crippen molar-refractivity contribution in [3.63, 3.8) is 0 Å². The van der Waals surface area contributed by atoms with Crippen LogP contribution < -0.4 is 4.83 Å². The summed E-state index contributed by atoms with van der Waals surface area (Å²) in [4.78, 5) is 5.49.